The van der Waals surface area contributed by atoms with Crippen molar-refractivity contribution in [3.8, 4) is 0 Å². The maximum atomic E-state index is 14.9. The van der Waals surface area contributed by atoms with Crippen molar-refractivity contribution in [3.05, 3.63) is 58.1 Å². The fourth-order valence-corrected chi connectivity index (χ4v) is 4.56. The predicted molar refractivity (Wildman–Crippen MR) is 134 cm³/mol. The highest BCUT2D eigenvalue weighted by Crippen LogP contribution is 2.31. The lowest BCUT2D eigenvalue weighted by Gasteiger charge is -2.37. The summed E-state index contributed by atoms with van der Waals surface area (Å²) in [7, 11) is 0. The Balaban J connectivity index is 1.47. The number of carbonyl (C=O) groups excluding carboxylic acids is 3. The highest BCUT2D eigenvalue weighted by Gasteiger charge is 2.30. The third-order valence-electron chi connectivity index (χ3n) is 6.53. The summed E-state index contributed by atoms with van der Waals surface area (Å²) in [5.74, 6) is -4.28. The Hall–Kier alpha value is -3.45. The molecule has 2 aliphatic rings. The Labute approximate surface area is 225 Å². The van der Waals surface area contributed by atoms with Crippen LogP contribution in [0.25, 0.3) is 0 Å². The molecule has 0 aliphatic carbocycles. The fourth-order valence-electron chi connectivity index (χ4n) is 4.40. The lowest BCUT2D eigenvalue weighted by molar-refractivity contribution is -0.138. The minimum absolute atomic E-state index is 0.0301. The first-order chi connectivity index (χ1) is 18.4. The van der Waals surface area contributed by atoms with Crippen molar-refractivity contribution in [2.24, 2.45) is 0 Å². The summed E-state index contributed by atoms with van der Waals surface area (Å²) < 4.78 is 67.4. The Morgan fingerprint density at radius 3 is 2.41 bits per heavy atom. The average molecular weight is 574 g/mol. The van der Waals surface area contributed by atoms with Crippen LogP contribution in [0.4, 0.5) is 38.1 Å². The number of nitrogens with one attached hydrogen (secondary N) is 2. The van der Waals surface area contributed by atoms with Gasteiger partial charge >= 0.3 is 12.2 Å². The van der Waals surface area contributed by atoms with Gasteiger partial charge in [-0.1, -0.05) is 17.7 Å². The van der Waals surface area contributed by atoms with Gasteiger partial charge in [0.2, 0.25) is 5.91 Å². The zero-order valence-electron chi connectivity index (χ0n) is 20.6. The Bertz CT molecular complexity index is 1250. The van der Waals surface area contributed by atoms with Crippen LogP contribution in [0.1, 0.15) is 28.8 Å². The van der Waals surface area contributed by atoms with Gasteiger partial charge in [0.15, 0.2) is 11.6 Å². The van der Waals surface area contributed by atoms with Crippen molar-refractivity contribution in [2.75, 3.05) is 49.5 Å². The number of alkyl halides is 3. The van der Waals surface area contributed by atoms with E-state index >= 15 is 0 Å². The molecule has 0 unspecified atom stereocenters. The number of imide groups is 1. The number of nitrogens with zero attached hydrogens (tertiary/aromatic N) is 3. The molecule has 0 radical (unpaired) electrons. The number of piperazine rings is 1. The second kappa shape index (κ2) is 11.7. The largest absolute Gasteiger partial charge is 0.390 e. The molecule has 0 bridgehead atoms. The number of anilines is 2. The van der Waals surface area contributed by atoms with E-state index in [9.17, 15) is 36.3 Å². The standard InChI is InChI=1S/C25H25ClF5N5O3/c26-16-2-4-18(19(13-16)35-11-9-34(10-12-35)8-6-25(29,30)31)33-23(38)17-3-1-15(21(27)22(17)28)14-36-20(37)5-7-32-24(36)39/h1-4,13H,5-12,14H2,(H,32,39)(H,33,38). The van der Waals surface area contributed by atoms with E-state index in [1.54, 1.807) is 11.0 Å². The second-order valence-electron chi connectivity index (χ2n) is 9.17. The molecule has 14 heteroatoms. The molecule has 39 heavy (non-hydrogen) atoms. The molecule has 4 amide bonds. The van der Waals surface area contributed by atoms with Gasteiger partial charge < -0.3 is 15.5 Å². The van der Waals surface area contributed by atoms with Gasteiger partial charge in [0.25, 0.3) is 5.91 Å². The molecule has 8 nitrogen and oxygen atoms in total. The number of hydrogen-bond acceptors (Lipinski definition) is 5. The zero-order chi connectivity index (χ0) is 28.3. The highest BCUT2D eigenvalue weighted by atomic mass is 35.5. The van der Waals surface area contributed by atoms with E-state index in [0.717, 1.165) is 17.0 Å². The summed E-state index contributed by atoms with van der Waals surface area (Å²) in [5.41, 5.74) is -0.125. The molecule has 2 aromatic rings. The molecule has 2 aromatic carbocycles. The molecular formula is C25H25ClF5N5O3. The van der Waals surface area contributed by atoms with Crippen LogP contribution in [0.15, 0.2) is 30.3 Å². The Morgan fingerprint density at radius 1 is 1.03 bits per heavy atom. The van der Waals surface area contributed by atoms with Gasteiger partial charge in [-0.15, -0.1) is 0 Å². The summed E-state index contributed by atoms with van der Waals surface area (Å²) in [6.07, 6.45) is -5.12. The first-order valence-electron chi connectivity index (χ1n) is 12.1. The van der Waals surface area contributed by atoms with Gasteiger partial charge in [0.05, 0.1) is 29.9 Å². The number of hydrogen-bond donors (Lipinski definition) is 2. The maximum Gasteiger partial charge on any atom is 0.390 e. The summed E-state index contributed by atoms with van der Waals surface area (Å²) in [4.78, 5) is 41.1. The monoisotopic (exact) mass is 573 g/mol. The molecule has 4 rings (SSSR count). The Morgan fingerprint density at radius 2 is 1.74 bits per heavy atom. The van der Waals surface area contributed by atoms with Crippen LogP contribution >= 0.6 is 11.6 Å². The van der Waals surface area contributed by atoms with Crippen molar-refractivity contribution in [2.45, 2.75) is 25.6 Å². The number of urea groups is 1. The minimum Gasteiger partial charge on any atom is -0.367 e. The minimum atomic E-state index is -4.24. The van der Waals surface area contributed by atoms with Crippen LogP contribution in [-0.4, -0.2) is 73.1 Å². The lowest BCUT2D eigenvalue weighted by atomic mass is 10.1. The van der Waals surface area contributed by atoms with E-state index in [4.69, 9.17) is 11.6 Å². The smallest absolute Gasteiger partial charge is 0.367 e. The highest BCUT2D eigenvalue weighted by molar-refractivity contribution is 6.31. The van der Waals surface area contributed by atoms with Crippen molar-refractivity contribution in [1.82, 2.24) is 15.1 Å². The van der Waals surface area contributed by atoms with Gasteiger partial charge in [0.1, 0.15) is 0 Å². The summed E-state index contributed by atoms with van der Waals surface area (Å²) in [6, 6.07) is 6.04. The summed E-state index contributed by atoms with van der Waals surface area (Å²) >= 11 is 6.14. The van der Waals surface area contributed by atoms with Crippen molar-refractivity contribution >= 4 is 40.8 Å². The van der Waals surface area contributed by atoms with Crippen LogP contribution in [0.2, 0.25) is 5.02 Å². The van der Waals surface area contributed by atoms with E-state index in [1.807, 2.05) is 4.90 Å². The first kappa shape index (κ1) is 28.6. The van der Waals surface area contributed by atoms with Crippen LogP contribution in [0.3, 0.4) is 0 Å². The average Bonchev–Trinajstić information content (AvgIpc) is 2.88. The zero-order valence-corrected chi connectivity index (χ0v) is 21.3. The summed E-state index contributed by atoms with van der Waals surface area (Å²) in [5, 5.41) is 5.35. The number of carbonyl (C=O) groups is 3. The van der Waals surface area contributed by atoms with Gasteiger partial charge in [-0.2, -0.15) is 13.2 Å². The summed E-state index contributed by atoms with van der Waals surface area (Å²) in [6.45, 7) is 0.983. The predicted octanol–water partition coefficient (Wildman–Crippen LogP) is 4.39. The van der Waals surface area contributed by atoms with E-state index in [-0.39, 0.29) is 30.8 Å². The van der Waals surface area contributed by atoms with E-state index in [0.29, 0.717) is 36.9 Å². The molecule has 0 spiro atoms. The quantitative estimate of drug-likeness (QED) is 0.480. The fraction of sp³-hybridized carbons (Fsp3) is 0.400. The van der Waals surface area contributed by atoms with Crippen LogP contribution in [0.5, 0.6) is 0 Å². The SMILES string of the molecule is O=C(Nc1ccc(Cl)cc1N1CCN(CCC(F)(F)F)CC1)c1ccc(CN2C(=O)CCNC2=O)c(F)c1F. The molecule has 2 heterocycles. The molecule has 0 aromatic heterocycles. The molecule has 0 atom stereocenters. The first-order valence-corrected chi connectivity index (χ1v) is 12.5. The molecule has 210 valence electrons. The number of halogens is 6. The lowest BCUT2D eigenvalue weighted by Crippen LogP contribution is -2.49. The van der Waals surface area contributed by atoms with E-state index in [1.165, 1.54) is 12.1 Å². The number of amides is 4. The van der Waals surface area contributed by atoms with Gasteiger partial charge in [-0.25, -0.2) is 13.6 Å². The number of rotatable bonds is 7. The van der Waals surface area contributed by atoms with E-state index < -0.39 is 54.2 Å². The maximum absolute atomic E-state index is 14.9. The molecular weight excluding hydrogens is 549 g/mol. The third-order valence-corrected chi connectivity index (χ3v) is 6.76. The molecule has 2 aliphatic heterocycles. The van der Waals surface area contributed by atoms with Gasteiger partial charge in [-0.3, -0.25) is 19.4 Å². The van der Waals surface area contributed by atoms with Crippen molar-refractivity contribution in [3.63, 3.8) is 0 Å². The van der Waals surface area contributed by atoms with E-state index in [2.05, 4.69) is 10.6 Å². The second-order valence-corrected chi connectivity index (χ2v) is 9.61. The molecule has 0 saturated carbocycles. The Kier molecular flexibility index (Phi) is 8.60. The van der Waals surface area contributed by atoms with Crippen molar-refractivity contribution < 1.29 is 36.3 Å². The molecule has 2 fully saturated rings. The number of benzene rings is 2. The van der Waals surface area contributed by atoms with Crippen molar-refractivity contribution in [1.29, 1.82) is 0 Å². The molecule has 2 N–H and O–H groups in total. The molecule has 2 saturated heterocycles. The normalized spacial score (nSPS) is 16.9. The van der Waals surface area contributed by atoms with Crippen LogP contribution < -0.4 is 15.5 Å². The van der Waals surface area contributed by atoms with Crippen LogP contribution in [-0.2, 0) is 11.3 Å². The van der Waals surface area contributed by atoms with Crippen LogP contribution in [0, 0.1) is 11.6 Å². The third kappa shape index (κ3) is 6.95. The topological polar surface area (TPSA) is 85.0 Å². The van der Waals surface area contributed by atoms with Gasteiger partial charge in [0, 0.05) is 56.3 Å². The van der Waals surface area contributed by atoms with Gasteiger partial charge in [-0.05, 0) is 24.3 Å².